The van der Waals surface area contributed by atoms with Crippen molar-refractivity contribution < 1.29 is 4.39 Å². The van der Waals surface area contributed by atoms with E-state index in [1.54, 1.807) is 12.1 Å². The van der Waals surface area contributed by atoms with Crippen LogP contribution in [0.2, 0.25) is 5.02 Å². The topological polar surface area (TPSA) is 15.3 Å². The minimum Gasteiger partial charge on any atom is -0.318 e. The predicted octanol–water partition coefficient (Wildman–Crippen LogP) is 2.66. The van der Waals surface area contributed by atoms with E-state index >= 15 is 0 Å². The molecule has 1 aliphatic rings. The smallest absolute Gasteiger partial charge is 0.127 e. The SMILES string of the molecule is CNCC1CCCN1Cc1cc(Cl)ccc1F. The van der Waals surface area contributed by atoms with Crippen LogP contribution in [0.4, 0.5) is 4.39 Å². The first kappa shape index (κ1) is 12.8. The number of rotatable bonds is 4. The van der Waals surface area contributed by atoms with E-state index < -0.39 is 0 Å². The Bertz CT molecular complexity index is 384. The largest absolute Gasteiger partial charge is 0.318 e. The van der Waals surface area contributed by atoms with Gasteiger partial charge in [-0.15, -0.1) is 0 Å². The van der Waals surface area contributed by atoms with E-state index in [1.807, 2.05) is 7.05 Å². The van der Waals surface area contributed by atoms with E-state index in [4.69, 9.17) is 11.6 Å². The molecule has 0 aliphatic carbocycles. The van der Waals surface area contributed by atoms with Gasteiger partial charge in [0.2, 0.25) is 0 Å². The number of nitrogens with zero attached hydrogens (tertiary/aromatic N) is 1. The molecule has 1 fully saturated rings. The highest BCUT2D eigenvalue weighted by molar-refractivity contribution is 6.30. The van der Waals surface area contributed by atoms with Gasteiger partial charge in [0, 0.05) is 29.7 Å². The molecule has 94 valence electrons. The van der Waals surface area contributed by atoms with Crippen LogP contribution in [0, 0.1) is 5.82 Å². The van der Waals surface area contributed by atoms with Crippen LogP contribution in [0.25, 0.3) is 0 Å². The Balaban J connectivity index is 2.06. The van der Waals surface area contributed by atoms with Crippen LogP contribution in [0.1, 0.15) is 18.4 Å². The summed E-state index contributed by atoms with van der Waals surface area (Å²) in [6.07, 6.45) is 2.37. The van der Waals surface area contributed by atoms with Crippen molar-refractivity contribution >= 4 is 11.6 Å². The molecule has 1 atom stereocenters. The summed E-state index contributed by atoms with van der Waals surface area (Å²) in [6, 6.07) is 5.28. The van der Waals surface area contributed by atoms with Gasteiger partial charge in [0.05, 0.1) is 0 Å². The summed E-state index contributed by atoms with van der Waals surface area (Å²) >= 11 is 5.90. The van der Waals surface area contributed by atoms with Crippen molar-refractivity contribution in [1.29, 1.82) is 0 Å². The van der Waals surface area contributed by atoms with Crippen molar-refractivity contribution in [3.05, 3.63) is 34.6 Å². The highest BCUT2D eigenvalue weighted by Gasteiger charge is 2.24. The van der Waals surface area contributed by atoms with Gasteiger partial charge in [0.1, 0.15) is 5.82 Å². The molecule has 1 aliphatic heterocycles. The van der Waals surface area contributed by atoms with Crippen LogP contribution in [-0.2, 0) is 6.54 Å². The van der Waals surface area contributed by atoms with Crippen molar-refractivity contribution in [1.82, 2.24) is 10.2 Å². The Morgan fingerprint density at radius 1 is 1.53 bits per heavy atom. The lowest BCUT2D eigenvalue weighted by Crippen LogP contribution is -2.36. The zero-order valence-electron chi connectivity index (χ0n) is 10.0. The highest BCUT2D eigenvalue weighted by atomic mass is 35.5. The second-order valence-corrected chi connectivity index (χ2v) is 5.00. The molecular weight excluding hydrogens is 239 g/mol. The molecule has 1 aromatic rings. The lowest BCUT2D eigenvalue weighted by Gasteiger charge is -2.24. The number of likely N-dealkylation sites (tertiary alicyclic amines) is 1. The van der Waals surface area contributed by atoms with Crippen LogP contribution >= 0.6 is 11.6 Å². The van der Waals surface area contributed by atoms with Gasteiger partial charge in [-0.2, -0.15) is 0 Å². The molecule has 0 radical (unpaired) electrons. The normalized spacial score (nSPS) is 21.0. The quantitative estimate of drug-likeness (QED) is 0.891. The number of halogens is 2. The van der Waals surface area contributed by atoms with Gasteiger partial charge >= 0.3 is 0 Å². The van der Waals surface area contributed by atoms with Crippen molar-refractivity contribution in [3.8, 4) is 0 Å². The second kappa shape index (κ2) is 5.80. The first-order valence-electron chi connectivity index (χ1n) is 6.03. The summed E-state index contributed by atoms with van der Waals surface area (Å²) in [5.74, 6) is -0.162. The number of nitrogens with one attached hydrogen (secondary N) is 1. The molecule has 1 heterocycles. The summed E-state index contributed by atoms with van der Waals surface area (Å²) in [7, 11) is 1.95. The Hall–Kier alpha value is -0.640. The number of hydrogen-bond acceptors (Lipinski definition) is 2. The summed E-state index contributed by atoms with van der Waals surface area (Å²) in [5, 5.41) is 3.79. The van der Waals surface area contributed by atoms with E-state index in [-0.39, 0.29) is 5.82 Å². The average molecular weight is 257 g/mol. The van der Waals surface area contributed by atoms with Crippen molar-refractivity contribution in [2.24, 2.45) is 0 Å². The van der Waals surface area contributed by atoms with Crippen molar-refractivity contribution in [3.63, 3.8) is 0 Å². The summed E-state index contributed by atoms with van der Waals surface area (Å²) in [4.78, 5) is 2.32. The van der Waals surface area contributed by atoms with Crippen LogP contribution in [-0.4, -0.2) is 31.1 Å². The van der Waals surface area contributed by atoms with Crippen LogP contribution < -0.4 is 5.32 Å². The molecule has 0 amide bonds. The Labute approximate surface area is 107 Å². The summed E-state index contributed by atoms with van der Waals surface area (Å²) < 4.78 is 13.6. The monoisotopic (exact) mass is 256 g/mol. The van der Waals surface area contributed by atoms with Crippen molar-refractivity contribution in [2.75, 3.05) is 20.1 Å². The molecule has 2 rings (SSSR count). The van der Waals surface area contributed by atoms with Gasteiger partial charge in [0.15, 0.2) is 0 Å². The zero-order chi connectivity index (χ0) is 12.3. The third-order valence-electron chi connectivity index (χ3n) is 3.32. The molecule has 0 bridgehead atoms. The maximum absolute atomic E-state index is 13.6. The lowest BCUT2D eigenvalue weighted by atomic mass is 10.1. The van der Waals surface area contributed by atoms with Crippen molar-refractivity contribution in [2.45, 2.75) is 25.4 Å². The molecule has 0 saturated carbocycles. The Morgan fingerprint density at radius 3 is 3.12 bits per heavy atom. The minimum atomic E-state index is -0.162. The molecule has 0 spiro atoms. The van der Waals surface area contributed by atoms with Crippen LogP contribution in [0.5, 0.6) is 0 Å². The molecule has 4 heteroatoms. The molecule has 17 heavy (non-hydrogen) atoms. The number of hydrogen-bond donors (Lipinski definition) is 1. The molecule has 1 aromatic carbocycles. The van der Waals surface area contributed by atoms with Gasteiger partial charge in [-0.1, -0.05) is 11.6 Å². The fourth-order valence-corrected chi connectivity index (χ4v) is 2.65. The lowest BCUT2D eigenvalue weighted by molar-refractivity contribution is 0.239. The Morgan fingerprint density at radius 2 is 2.35 bits per heavy atom. The molecule has 1 saturated heterocycles. The van der Waals surface area contributed by atoms with Gasteiger partial charge < -0.3 is 5.32 Å². The third kappa shape index (κ3) is 3.18. The van der Waals surface area contributed by atoms with E-state index in [0.717, 1.165) is 13.1 Å². The minimum absolute atomic E-state index is 0.162. The molecular formula is C13H18ClFN2. The predicted molar refractivity (Wildman–Crippen MR) is 68.8 cm³/mol. The van der Waals surface area contributed by atoms with Gasteiger partial charge in [-0.05, 0) is 44.6 Å². The van der Waals surface area contributed by atoms with Crippen LogP contribution in [0.3, 0.4) is 0 Å². The third-order valence-corrected chi connectivity index (χ3v) is 3.56. The van der Waals surface area contributed by atoms with E-state index in [0.29, 0.717) is 23.2 Å². The van der Waals surface area contributed by atoms with E-state index in [2.05, 4.69) is 10.2 Å². The second-order valence-electron chi connectivity index (χ2n) is 4.56. The first-order chi connectivity index (χ1) is 8.20. The summed E-state index contributed by atoms with van der Waals surface area (Å²) in [5.41, 5.74) is 0.695. The highest BCUT2D eigenvalue weighted by Crippen LogP contribution is 2.22. The molecule has 1 unspecified atom stereocenters. The van der Waals surface area contributed by atoms with Gasteiger partial charge in [-0.25, -0.2) is 4.39 Å². The van der Waals surface area contributed by atoms with Gasteiger partial charge in [-0.3, -0.25) is 4.90 Å². The average Bonchev–Trinajstić information content (AvgIpc) is 2.72. The molecule has 0 aromatic heterocycles. The van der Waals surface area contributed by atoms with E-state index in [1.165, 1.54) is 18.9 Å². The fraction of sp³-hybridized carbons (Fsp3) is 0.538. The molecule has 1 N–H and O–H groups in total. The number of benzene rings is 1. The zero-order valence-corrected chi connectivity index (χ0v) is 10.8. The molecule has 2 nitrogen and oxygen atoms in total. The van der Waals surface area contributed by atoms with E-state index in [9.17, 15) is 4.39 Å². The van der Waals surface area contributed by atoms with Gasteiger partial charge in [0.25, 0.3) is 0 Å². The standard InChI is InChI=1S/C13H18ClFN2/c1-16-8-12-3-2-6-17(12)9-10-7-11(14)4-5-13(10)15/h4-5,7,12,16H,2-3,6,8-9H2,1H3. The maximum atomic E-state index is 13.6. The van der Waals surface area contributed by atoms with Crippen LogP contribution in [0.15, 0.2) is 18.2 Å². The maximum Gasteiger partial charge on any atom is 0.127 e. The first-order valence-corrected chi connectivity index (χ1v) is 6.41. The number of likely N-dealkylation sites (N-methyl/N-ethyl adjacent to an activating group) is 1. The Kier molecular flexibility index (Phi) is 4.37. The fourth-order valence-electron chi connectivity index (χ4n) is 2.45. The summed E-state index contributed by atoms with van der Waals surface area (Å²) in [6.45, 7) is 2.65.